The van der Waals surface area contributed by atoms with Crippen LogP contribution in [0.15, 0.2) is 0 Å². The highest BCUT2D eigenvalue weighted by Crippen LogP contribution is 2.31. The van der Waals surface area contributed by atoms with Crippen molar-refractivity contribution < 1.29 is 4.74 Å². The van der Waals surface area contributed by atoms with Gasteiger partial charge in [-0.3, -0.25) is 0 Å². The van der Waals surface area contributed by atoms with Crippen molar-refractivity contribution in [1.29, 1.82) is 0 Å². The summed E-state index contributed by atoms with van der Waals surface area (Å²) in [7, 11) is 0. The van der Waals surface area contributed by atoms with Gasteiger partial charge >= 0.3 is 0 Å². The molecule has 0 aliphatic heterocycles. The molecule has 0 aromatic carbocycles. The molecule has 0 bridgehead atoms. The van der Waals surface area contributed by atoms with Crippen LogP contribution in [0.25, 0.3) is 0 Å². The number of ether oxygens (including phenoxy) is 1. The maximum absolute atomic E-state index is 6.47. The largest absolute Gasteiger partial charge is 0.374 e. The van der Waals surface area contributed by atoms with Gasteiger partial charge in [-0.1, -0.05) is 64.7 Å². The van der Waals surface area contributed by atoms with Gasteiger partial charge in [0.05, 0.1) is 5.60 Å². The van der Waals surface area contributed by atoms with Crippen molar-refractivity contribution in [2.45, 2.75) is 108 Å². The summed E-state index contributed by atoms with van der Waals surface area (Å²) in [5.41, 5.74) is 0.169. The van der Waals surface area contributed by atoms with Crippen LogP contribution in [0.1, 0.15) is 96.8 Å². The number of unbranched alkanes of at least 4 members (excludes halogenated alkanes) is 5. The molecule has 0 amide bonds. The van der Waals surface area contributed by atoms with Gasteiger partial charge in [-0.2, -0.15) is 0 Å². The third-order valence-corrected chi connectivity index (χ3v) is 5.21. The molecule has 0 unspecified atom stereocenters. The van der Waals surface area contributed by atoms with Gasteiger partial charge in [0.15, 0.2) is 0 Å². The zero-order valence-electron chi connectivity index (χ0n) is 14.3. The Bertz CT molecular complexity index is 254. The molecular weight excluding hydrogens is 258 g/mol. The number of nitrogens with one attached hydrogen (secondary N) is 1. The minimum atomic E-state index is 0.169. The van der Waals surface area contributed by atoms with Crippen LogP contribution in [0.5, 0.6) is 0 Å². The number of hydrogen-bond acceptors (Lipinski definition) is 2. The normalized spacial score (nSPS) is 22.1. The second-order valence-electron chi connectivity index (χ2n) is 7.37. The van der Waals surface area contributed by atoms with E-state index in [9.17, 15) is 0 Å². The van der Waals surface area contributed by atoms with Crippen LogP contribution in [0.2, 0.25) is 0 Å². The Morgan fingerprint density at radius 2 is 1.57 bits per heavy atom. The monoisotopic (exact) mass is 295 g/mol. The van der Waals surface area contributed by atoms with E-state index in [1.807, 2.05) is 0 Å². The fourth-order valence-corrected chi connectivity index (χ4v) is 3.53. The minimum Gasteiger partial charge on any atom is -0.374 e. The Morgan fingerprint density at radius 3 is 2.24 bits per heavy atom. The first-order valence-corrected chi connectivity index (χ1v) is 9.72. The van der Waals surface area contributed by atoms with Crippen LogP contribution in [-0.4, -0.2) is 24.8 Å². The predicted molar refractivity (Wildman–Crippen MR) is 90.8 cm³/mol. The Kier molecular flexibility index (Phi) is 8.10. The fraction of sp³-hybridized carbons (Fsp3) is 1.00. The molecular formula is C19H37NO. The Balaban J connectivity index is 1.65. The standard InChI is InChI=1S/C19H37NO/c1-2-3-4-5-8-11-16-21-19(17-20-18-12-13-18)14-9-6-7-10-15-19/h18,20H,2-17H2,1H3. The highest BCUT2D eigenvalue weighted by Gasteiger charge is 2.33. The van der Waals surface area contributed by atoms with E-state index in [-0.39, 0.29) is 5.60 Å². The quantitative estimate of drug-likeness (QED) is 0.417. The van der Waals surface area contributed by atoms with Gasteiger partial charge in [0, 0.05) is 19.2 Å². The average molecular weight is 296 g/mol. The summed E-state index contributed by atoms with van der Waals surface area (Å²) >= 11 is 0. The minimum absolute atomic E-state index is 0.169. The Labute approximate surface area is 132 Å². The summed E-state index contributed by atoms with van der Waals surface area (Å²) < 4.78 is 6.47. The van der Waals surface area contributed by atoms with E-state index in [0.717, 1.165) is 19.2 Å². The third kappa shape index (κ3) is 7.15. The smallest absolute Gasteiger partial charge is 0.0806 e. The van der Waals surface area contributed by atoms with Gasteiger partial charge < -0.3 is 10.1 Å². The molecule has 0 saturated heterocycles. The molecule has 0 spiro atoms. The van der Waals surface area contributed by atoms with Gasteiger partial charge in [0.25, 0.3) is 0 Å². The molecule has 2 nitrogen and oxygen atoms in total. The molecule has 2 rings (SSSR count). The van der Waals surface area contributed by atoms with Gasteiger partial charge in [-0.25, -0.2) is 0 Å². The first-order chi connectivity index (χ1) is 10.3. The molecule has 1 N–H and O–H groups in total. The van der Waals surface area contributed by atoms with Crippen molar-refractivity contribution in [1.82, 2.24) is 5.32 Å². The van der Waals surface area contributed by atoms with Gasteiger partial charge in [-0.05, 0) is 32.1 Å². The lowest BCUT2D eigenvalue weighted by molar-refractivity contribution is -0.0565. The van der Waals surface area contributed by atoms with Crippen LogP contribution in [-0.2, 0) is 4.74 Å². The van der Waals surface area contributed by atoms with Crippen LogP contribution in [0, 0.1) is 0 Å². The molecule has 2 aliphatic carbocycles. The van der Waals surface area contributed by atoms with Crippen molar-refractivity contribution in [3.8, 4) is 0 Å². The molecule has 0 aromatic heterocycles. The van der Waals surface area contributed by atoms with Crippen molar-refractivity contribution in [3.63, 3.8) is 0 Å². The van der Waals surface area contributed by atoms with Gasteiger partial charge in [0.2, 0.25) is 0 Å². The van der Waals surface area contributed by atoms with Crippen molar-refractivity contribution in [2.24, 2.45) is 0 Å². The van der Waals surface area contributed by atoms with Gasteiger partial charge in [-0.15, -0.1) is 0 Å². The molecule has 124 valence electrons. The Morgan fingerprint density at radius 1 is 0.905 bits per heavy atom. The highest BCUT2D eigenvalue weighted by atomic mass is 16.5. The summed E-state index contributed by atoms with van der Waals surface area (Å²) in [6.07, 6.45) is 19.0. The van der Waals surface area contributed by atoms with E-state index in [1.165, 1.54) is 89.9 Å². The van der Waals surface area contributed by atoms with E-state index in [1.54, 1.807) is 0 Å². The van der Waals surface area contributed by atoms with Crippen LogP contribution >= 0.6 is 0 Å². The zero-order chi connectivity index (χ0) is 14.8. The van der Waals surface area contributed by atoms with E-state index < -0.39 is 0 Å². The summed E-state index contributed by atoms with van der Waals surface area (Å²) in [6.45, 7) is 4.37. The average Bonchev–Trinajstić information content (AvgIpc) is 3.32. The molecule has 2 heteroatoms. The fourth-order valence-electron chi connectivity index (χ4n) is 3.53. The van der Waals surface area contributed by atoms with Crippen molar-refractivity contribution in [2.75, 3.05) is 13.2 Å². The molecule has 2 aliphatic rings. The van der Waals surface area contributed by atoms with E-state index in [2.05, 4.69) is 12.2 Å². The lowest BCUT2D eigenvalue weighted by Crippen LogP contribution is -2.43. The molecule has 2 fully saturated rings. The topological polar surface area (TPSA) is 21.3 Å². The second-order valence-corrected chi connectivity index (χ2v) is 7.37. The number of hydrogen-bond donors (Lipinski definition) is 1. The summed E-state index contributed by atoms with van der Waals surface area (Å²) in [5, 5.41) is 3.74. The Hall–Kier alpha value is -0.0800. The molecule has 0 heterocycles. The molecule has 0 aromatic rings. The maximum atomic E-state index is 6.47. The van der Waals surface area contributed by atoms with Crippen LogP contribution < -0.4 is 5.32 Å². The highest BCUT2D eigenvalue weighted by molar-refractivity contribution is 4.90. The number of rotatable bonds is 11. The first-order valence-electron chi connectivity index (χ1n) is 9.72. The molecule has 0 atom stereocenters. The maximum Gasteiger partial charge on any atom is 0.0806 e. The zero-order valence-corrected chi connectivity index (χ0v) is 14.3. The molecule has 21 heavy (non-hydrogen) atoms. The summed E-state index contributed by atoms with van der Waals surface area (Å²) in [4.78, 5) is 0. The van der Waals surface area contributed by atoms with Crippen molar-refractivity contribution in [3.05, 3.63) is 0 Å². The summed E-state index contributed by atoms with van der Waals surface area (Å²) in [6, 6.07) is 0.808. The summed E-state index contributed by atoms with van der Waals surface area (Å²) in [5.74, 6) is 0. The van der Waals surface area contributed by atoms with Crippen LogP contribution in [0.4, 0.5) is 0 Å². The SMILES string of the molecule is CCCCCCCCOC1(CNC2CC2)CCCCCC1. The predicted octanol–water partition coefficient (Wildman–Crippen LogP) is 5.21. The lowest BCUT2D eigenvalue weighted by atomic mass is 9.93. The van der Waals surface area contributed by atoms with E-state index in [0.29, 0.717) is 0 Å². The van der Waals surface area contributed by atoms with Crippen molar-refractivity contribution >= 4 is 0 Å². The molecule has 0 radical (unpaired) electrons. The molecule has 2 saturated carbocycles. The van der Waals surface area contributed by atoms with E-state index >= 15 is 0 Å². The van der Waals surface area contributed by atoms with Gasteiger partial charge in [0.1, 0.15) is 0 Å². The van der Waals surface area contributed by atoms with E-state index in [4.69, 9.17) is 4.74 Å². The first kappa shape index (κ1) is 17.3. The van der Waals surface area contributed by atoms with Crippen LogP contribution in [0.3, 0.4) is 0 Å². The lowest BCUT2D eigenvalue weighted by Gasteiger charge is -2.33. The third-order valence-electron chi connectivity index (χ3n) is 5.21. The second kappa shape index (κ2) is 9.84.